The van der Waals surface area contributed by atoms with Crippen LogP contribution >= 0.6 is 0 Å². The number of guanidine groups is 1. The van der Waals surface area contributed by atoms with Crippen molar-refractivity contribution in [2.24, 2.45) is 4.99 Å². The van der Waals surface area contributed by atoms with E-state index in [9.17, 15) is 4.39 Å². The van der Waals surface area contributed by atoms with Gasteiger partial charge in [0, 0.05) is 52.4 Å². The molecule has 0 amide bonds. The molecule has 0 atom stereocenters. The molecule has 2 fully saturated rings. The van der Waals surface area contributed by atoms with Gasteiger partial charge in [0.1, 0.15) is 5.82 Å². The van der Waals surface area contributed by atoms with Crippen molar-refractivity contribution >= 4 is 5.96 Å². The lowest BCUT2D eigenvalue weighted by molar-refractivity contribution is 0.00985. The maximum atomic E-state index is 13.5. The minimum absolute atomic E-state index is 0.0602. The van der Waals surface area contributed by atoms with Gasteiger partial charge in [-0.1, -0.05) is 31.4 Å². The molecule has 168 valence electrons. The van der Waals surface area contributed by atoms with Crippen LogP contribution in [0.1, 0.15) is 56.9 Å². The second-order valence-corrected chi connectivity index (χ2v) is 8.65. The number of likely N-dealkylation sites (tertiary alicyclic amines) is 1. The molecule has 0 bridgehead atoms. The van der Waals surface area contributed by atoms with Crippen molar-refractivity contribution in [2.75, 3.05) is 47.0 Å². The van der Waals surface area contributed by atoms with E-state index < -0.39 is 0 Å². The molecule has 1 aliphatic heterocycles. The molecule has 6 heteroatoms. The number of ether oxygens (including phenoxy) is 2. The number of aliphatic imine (C=N–C) groups is 1. The number of hydrogen-bond acceptors (Lipinski definition) is 3. The maximum absolute atomic E-state index is 13.5. The third-order valence-corrected chi connectivity index (χ3v) is 6.65. The third kappa shape index (κ3) is 6.17. The summed E-state index contributed by atoms with van der Waals surface area (Å²) in [5.74, 6) is 0.806. The second-order valence-electron chi connectivity index (χ2n) is 8.65. The molecule has 0 spiro atoms. The summed E-state index contributed by atoms with van der Waals surface area (Å²) in [6, 6.07) is 7.13. The molecule has 5 nitrogen and oxygen atoms in total. The maximum Gasteiger partial charge on any atom is 0.193 e. The van der Waals surface area contributed by atoms with E-state index in [1.165, 1.54) is 24.8 Å². The fourth-order valence-corrected chi connectivity index (χ4v) is 4.87. The van der Waals surface area contributed by atoms with E-state index in [4.69, 9.17) is 9.47 Å². The van der Waals surface area contributed by atoms with Gasteiger partial charge in [-0.2, -0.15) is 0 Å². The predicted octanol–water partition coefficient (Wildman–Crippen LogP) is 4.12. The van der Waals surface area contributed by atoms with Crippen LogP contribution in [0.4, 0.5) is 4.39 Å². The molecule has 1 N–H and O–H groups in total. The van der Waals surface area contributed by atoms with Crippen LogP contribution in [0, 0.1) is 5.82 Å². The van der Waals surface area contributed by atoms with Crippen molar-refractivity contribution in [3.8, 4) is 0 Å². The molecule has 1 aromatic carbocycles. The van der Waals surface area contributed by atoms with Gasteiger partial charge >= 0.3 is 0 Å². The van der Waals surface area contributed by atoms with Crippen molar-refractivity contribution in [2.45, 2.75) is 62.9 Å². The van der Waals surface area contributed by atoms with E-state index in [-0.39, 0.29) is 11.2 Å². The number of methoxy groups -OCH3 is 1. The highest BCUT2D eigenvalue weighted by Crippen LogP contribution is 2.39. The molecule has 1 aliphatic carbocycles. The van der Waals surface area contributed by atoms with Crippen molar-refractivity contribution in [1.29, 1.82) is 0 Å². The molecule has 1 saturated heterocycles. The smallest absolute Gasteiger partial charge is 0.193 e. The number of nitrogens with zero attached hydrogens (tertiary/aromatic N) is 2. The van der Waals surface area contributed by atoms with Crippen molar-refractivity contribution in [1.82, 2.24) is 10.2 Å². The second kappa shape index (κ2) is 11.7. The van der Waals surface area contributed by atoms with Crippen molar-refractivity contribution in [3.63, 3.8) is 0 Å². The van der Waals surface area contributed by atoms with E-state index in [1.54, 1.807) is 19.2 Å². The summed E-state index contributed by atoms with van der Waals surface area (Å²) in [6.45, 7) is 4.28. The summed E-state index contributed by atoms with van der Waals surface area (Å²) >= 11 is 0. The van der Waals surface area contributed by atoms with Crippen LogP contribution in [-0.2, 0) is 14.9 Å². The summed E-state index contributed by atoms with van der Waals surface area (Å²) in [5, 5.41) is 3.66. The Bertz CT molecular complexity index is 651. The molecule has 1 aromatic rings. The van der Waals surface area contributed by atoms with Gasteiger partial charge in [-0.15, -0.1) is 0 Å². The highest BCUT2D eigenvalue weighted by Gasteiger charge is 2.34. The highest BCUT2D eigenvalue weighted by atomic mass is 19.1. The molecule has 30 heavy (non-hydrogen) atoms. The lowest BCUT2D eigenvalue weighted by Crippen LogP contribution is -2.51. The lowest BCUT2D eigenvalue weighted by Gasteiger charge is -2.40. The van der Waals surface area contributed by atoms with E-state index in [2.05, 4.69) is 15.2 Å². The van der Waals surface area contributed by atoms with Gasteiger partial charge < -0.3 is 19.7 Å². The quantitative estimate of drug-likeness (QED) is 0.391. The van der Waals surface area contributed by atoms with Crippen LogP contribution in [0.3, 0.4) is 0 Å². The van der Waals surface area contributed by atoms with Gasteiger partial charge in [0.15, 0.2) is 5.96 Å². The number of piperidine rings is 1. The van der Waals surface area contributed by atoms with Crippen LogP contribution in [0.5, 0.6) is 0 Å². The Balaban J connectivity index is 1.54. The molecule has 0 unspecified atom stereocenters. The Kier molecular flexibility index (Phi) is 8.94. The zero-order chi connectivity index (χ0) is 21.2. The minimum atomic E-state index is -0.166. The van der Waals surface area contributed by atoms with E-state index in [1.807, 2.05) is 19.2 Å². The molecular formula is C24H38FN3O2. The molecule has 0 aromatic heterocycles. The van der Waals surface area contributed by atoms with E-state index in [0.717, 1.165) is 70.9 Å². The third-order valence-electron chi connectivity index (χ3n) is 6.65. The average molecular weight is 420 g/mol. The SMILES string of the molecule is CN=C(NCC1(c2ccc(F)cc2)CCCCC1)N1CCC(OCCCOC)CC1. The molecule has 1 heterocycles. The summed E-state index contributed by atoms with van der Waals surface area (Å²) in [6.07, 6.45) is 9.35. The lowest BCUT2D eigenvalue weighted by atomic mass is 9.69. The molecule has 1 saturated carbocycles. The first-order valence-electron chi connectivity index (χ1n) is 11.5. The van der Waals surface area contributed by atoms with Gasteiger partial charge in [0.25, 0.3) is 0 Å². The predicted molar refractivity (Wildman–Crippen MR) is 120 cm³/mol. The first-order valence-corrected chi connectivity index (χ1v) is 11.5. The van der Waals surface area contributed by atoms with E-state index >= 15 is 0 Å². The summed E-state index contributed by atoms with van der Waals surface area (Å²) < 4.78 is 24.6. The Morgan fingerprint density at radius 3 is 2.47 bits per heavy atom. The average Bonchev–Trinajstić information content (AvgIpc) is 2.79. The van der Waals surface area contributed by atoms with Gasteiger partial charge in [-0.25, -0.2) is 4.39 Å². The molecule has 0 radical (unpaired) electrons. The zero-order valence-electron chi connectivity index (χ0n) is 18.7. The standard InChI is InChI=1S/C24H38FN3O2/c1-26-23(28-15-11-22(12-16-28)30-18-6-17-29-2)27-19-24(13-4-3-5-14-24)20-7-9-21(25)10-8-20/h7-10,22H,3-6,11-19H2,1-2H3,(H,26,27). The fraction of sp³-hybridized carbons (Fsp3) is 0.708. The Morgan fingerprint density at radius 2 is 1.83 bits per heavy atom. The van der Waals surface area contributed by atoms with Crippen molar-refractivity contribution in [3.05, 3.63) is 35.6 Å². The van der Waals surface area contributed by atoms with Crippen LogP contribution in [-0.4, -0.2) is 64.0 Å². The number of rotatable bonds is 8. The molecule has 2 aliphatic rings. The summed E-state index contributed by atoms with van der Waals surface area (Å²) in [4.78, 5) is 6.90. The van der Waals surface area contributed by atoms with Crippen LogP contribution in [0.15, 0.2) is 29.3 Å². The number of halogens is 1. The Labute approximate surface area is 181 Å². The van der Waals surface area contributed by atoms with Gasteiger partial charge in [-0.3, -0.25) is 4.99 Å². The van der Waals surface area contributed by atoms with Gasteiger partial charge in [-0.05, 0) is 49.8 Å². The molecular weight excluding hydrogens is 381 g/mol. The van der Waals surface area contributed by atoms with Crippen molar-refractivity contribution < 1.29 is 13.9 Å². The first kappa shape index (κ1) is 23.0. The van der Waals surface area contributed by atoms with Crippen LogP contribution < -0.4 is 5.32 Å². The number of nitrogens with one attached hydrogen (secondary N) is 1. The topological polar surface area (TPSA) is 46.1 Å². The Hall–Kier alpha value is -1.66. The minimum Gasteiger partial charge on any atom is -0.385 e. The summed E-state index contributed by atoms with van der Waals surface area (Å²) in [7, 11) is 3.59. The van der Waals surface area contributed by atoms with Gasteiger partial charge in [0.05, 0.1) is 6.10 Å². The fourth-order valence-electron chi connectivity index (χ4n) is 4.87. The zero-order valence-corrected chi connectivity index (χ0v) is 18.7. The van der Waals surface area contributed by atoms with E-state index in [0.29, 0.717) is 6.10 Å². The normalized spacial score (nSPS) is 20.4. The highest BCUT2D eigenvalue weighted by molar-refractivity contribution is 5.80. The number of hydrogen-bond donors (Lipinski definition) is 1. The molecule has 3 rings (SSSR count). The Morgan fingerprint density at radius 1 is 1.13 bits per heavy atom. The van der Waals surface area contributed by atoms with Gasteiger partial charge in [0.2, 0.25) is 0 Å². The monoisotopic (exact) mass is 419 g/mol. The summed E-state index contributed by atoms with van der Waals surface area (Å²) in [5.41, 5.74) is 1.31. The largest absolute Gasteiger partial charge is 0.385 e. The first-order chi connectivity index (χ1) is 14.7. The van der Waals surface area contributed by atoms with Crippen LogP contribution in [0.25, 0.3) is 0 Å². The number of benzene rings is 1. The van der Waals surface area contributed by atoms with Crippen LogP contribution in [0.2, 0.25) is 0 Å².